The van der Waals surface area contributed by atoms with Crippen LogP contribution in [-0.4, -0.2) is 15.0 Å². The highest BCUT2D eigenvalue weighted by Gasteiger charge is 2.07. The van der Waals surface area contributed by atoms with Crippen molar-refractivity contribution in [1.82, 2.24) is 15.0 Å². The lowest BCUT2D eigenvalue weighted by molar-refractivity contribution is 1.01. The Bertz CT molecular complexity index is 447. The van der Waals surface area contributed by atoms with Crippen LogP contribution in [0.4, 0.5) is 5.95 Å². The van der Waals surface area contributed by atoms with Crippen LogP contribution in [0.1, 0.15) is 0 Å². The number of nitrogens with zero attached hydrogens (tertiary/aromatic N) is 3. The number of nitrogens with two attached hydrogens (primary N) is 1. The van der Waals surface area contributed by atoms with Gasteiger partial charge in [0, 0.05) is 17.8 Å². The number of aromatic nitrogens is 3. The lowest BCUT2D eigenvalue weighted by Crippen LogP contribution is -2.10. The SMILES string of the molecule is NNc1ncc(Br)c(Sc2nccs2)n1. The summed E-state index contributed by atoms with van der Waals surface area (Å²) < 4.78 is 1.75. The fourth-order valence-corrected chi connectivity index (χ4v) is 2.79. The van der Waals surface area contributed by atoms with Crippen molar-refractivity contribution in [1.29, 1.82) is 0 Å². The van der Waals surface area contributed by atoms with Crippen molar-refractivity contribution in [3.8, 4) is 0 Å². The number of rotatable bonds is 3. The molecule has 0 spiro atoms. The molecule has 0 aliphatic rings. The van der Waals surface area contributed by atoms with Gasteiger partial charge in [-0.1, -0.05) is 0 Å². The van der Waals surface area contributed by atoms with Crippen LogP contribution in [0, 0.1) is 0 Å². The van der Waals surface area contributed by atoms with E-state index in [4.69, 9.17) is 5.84 Å². The maximum absolute atomic E-state index is 5.23. The fourth-order valence-electron chi connectivity index (χ4n) is 0.836. The number of anilines is 1. The molecule has 2 aromatic rings. The van der Waals surface area contributed by atoms with Gasteiger partial charge in [0.25, 0.3) is 0 Å². The molecule has 0 fully saturated rings. The molecule has 8 heteroatoms. The molecule has 0 radical (unpaired) electrons. The Balaban J connectivity index is 2.27. The van der Waals surface area contributed by atoms with Crippen LogP contribution < -0.4 is 11.3 Å². The minimum atomic E-state index is 0.386. The largest absolute Gasteiger partial charge is 0.292 e. The van der Waals surface area contributed by atoms with Crippen LogP contribution in [0.25, 0.3) is 0 Å². The van der Waals surface area contributed by atoms with Gasteiger partial charge in [-0.05, 0) is 27.7 Å². The van der Waals surface area contributed by atoms with Crippen molar-refractivity contribution in [3.05, 3.63) is 22.2 Å². The number of nitrogens with one attached hydrogen (secondary N) is 1. The van der Waals surface area contributed by atoms with E-state index in [9.17, 15) is 0 Å². The van der Waals surface area contributed by atoms with E-state index < -0.39 is 0 Å². The highest BCUT2D eigenvalue weighted by atomic mass is 79.9. The van der Waals surface area contributed by atoms with Gasteiger partial charge in [-0.15, -0.1) is 11.3 Å². The predicted octanol–water partition coefficient (Wildman–Crippen LogP) is 2.13. The molecule has 2 rings (SSSR count). The minimum absolute atomic E-state index is 0.386. The average molecular weight is 304 g/mol. The number of nitrogen functional groups attached to an aromatic ring is 1. The highest BCUT2D eigenvalue weighted by molar-refractivity contribution is 9.10. The average Bonchev–Trinajstić information content (AvgIpc) is 2.74. The Hall–Kier alpha value is -0.700. The van der Waals surface area contributed by atoms with Crippen molar-refractivity contribution in [3.63, 3.8) is 0 Å². The molecule has 0 saturated heterocycles. The van der Waals surface area contributed by atoms with Gasteiger partial charge in [-0.3, -0.25) is 5.43 Å². The molecule has 0 aromatic carbocycles. The fraction of sp³-hybridized carbons (Fsp3) is 0. The molecule has 2 aromatic heterocycles. The zero-order valence-corrected chi connectivity index (χ0v) is 10.6. The predicted molar refractivity (Wildman–Crippen MR) is 63.8 cm³/mol. The molecule has 78 valence electrons. The van der Waals surface area contributed by atoms with Gasteiger partial charge in [0.05, 0.1) is 4.47 Å². The van der Waals surface area contributed by atoms with Gasteiger partial charge in [0.2, 0.25) is 5.95 Å². The maximum Gasteiger partial charge on any atom is 0.238 e. The van der Waals surface area contributed by atoms with Crippen LogP contribution in [0.3, 0.4) is 0 Å². The van der Waals surface area contributed by atoms with E-state index in [-0.39, 0.29) is 0 Å². The quantitative estimate of drug-likeness (QED) is 0.514. The van der Waals surface area contributed by atoms with Crippen LogP contribution in [0.5, 0.6) is 0 Å². The number of halogens is 1. The molecule has 0 aliphatic heterocycles. The van der Waals surface area contributed by atoms with Crippen LogP contribution in [-0.2, 0) is 0 Å². The monoisotopic (exact) mass is 303 g/mol. The first-order valence-corrected chi connectivity index (χ1v) is 6.35. The summed E-state index contributed by atoms with van der Waals surface area (Å²) in [7, 11) is 0. The van der Waals surface area contributed by atoms with Gasteiger partial charge in [0.15, 0.2) is 4.34 Å². The normalized spacial score (nSPS) is 10.3. The Morgan fingerprint density at radius 2 is 2.33 bits per heavy atom. The maximum atomic E-state index is 5.23. The van der Waals surface area contributed by atoms with E-state index in [0.717, 1.165) is 13.8 Å². The van der Waals surface area contributed by atoms with E-state index in [1.807, 2.05) is 5.38 Å². The highest BCUT2D eigenvalue weighted by Crippen LogP contribution is 2.32. The molecule has 2 heterocycles. The summed E-state index contributed by atoms with van der Waals surface area (Å²) in [6.07, 6.45) is 3.41. The molecule has 0 saturated carbocycles. The standard InChI is InChI=1S/C7H6BrN5S2/c8-4-3-11-6(13-9)12-5(4)15-7-10-1-2-14-7/h1-3H,9H2,(H,11,12,13). The van der Waals surface area contributed by atoms with Crippen molar-refractivity contribution >= 4 is 45.0 Å². The Morgan fingerprint density at radius 1 is 1.47 bits per heavy atom. The van der Waals surface area contributed by atoms with Crippen molar-refractivity contribution in [2.45, 2.75) is 9.37 Å². The van der Waals surface area contributed by atoms with Gasteiger partial charge in [-0.25, -0.2) is 20.8 Å². The second-order valence-electron chi connectivity index (χ2n) is 2.39. The van der Waals surface area contributed by atoms with E-state index >= 15 is 0 Å². The summed E-state index contributed by atoms with van der Waals surface area (Å²) in [5.41, 5.74) is 2.40. The minimum Gasteiger partial charge on any atom is -0.292 e. The second-order valence-corrected chi connectivity index (χ2v) is 5.38. The zero-order chi connectivity index (χ0) is 10.7. The Morgan fingerprint density at radius 3 is 3.00 bits per heavy atom. The summed E-state index contributed by atoms with van der Waals surface area (Å²) in [5, 5.41) is 2.70. The van der Waals surface area contributed by atoms with E-state index in [2.05, 4.69) is 36.3 Å². The van der Waals surface area contributed by atoms with E-state index in [1.54, 1.807) is 23.7 Å². The Labute approximate surface area is 103 Å². The summed E-state index contributed by atoms with van der Waals surface area (Å²) in [6, 6.07) is 0. The molecule has 0 amide bonds. The first-order chi connectivity index (χ1) is 7.29. The summed E-state index contributed by atoms with van der Waals surface area (Å²) in [6.45, 7) is 0. The summed E-state index contributed by atoms with van der Waals surface area (Å²) >= 11 is 6.39. The first kappa shape index (κ1) is 10.8. The molecule has 15 heavy (non-hydrogen) atoms. The molecular weight excluding hydrogens is 298 g/mol. The van der Waals surface area contributed by atoms with E-state index in [0.29, 0.717) is 5.95 Å². The van der Waals surface area contributed by atoms with Crippen molar-refractivity contribution in [2.24, 2.45) is 5.84 Å². The number of thiazole rings is 1. The molecule has 0 bridgehead atoms. The van der Waals surface area contributed by atoms with Crippen LogP contribution >= 0.6 is 39.0 Å². The van der Waals surface area contributed by atoms with Crippen LogP contribution in [0.15, 0.2) is 31.6 Å². The lowest BCUT2D eigenvalue weighted by Gasteiger charge is -2.02. The number of hydrogen-bond donors (Lipinski definition) is 2. The zero-order valence-electron chi connectivity index (χ0n) is 7.35. The molecule has 5 nitrogen and oxygen atoms in total. The molecule has 0 aliphatic carbocycles. The molecular formula is C7H6BrN5S2. The third-order valence-corrected chi connectivity index (χ3v) is 4.17. The third kappa shape index (κ3) is 2.65. The van der Waals surface area contributed by atoms with Gasteiger partial charge < -0.3 is 0 Å². The number of hydrazine groups is 1. The number of hydrogen-bond acceptors (Lipinski definition) is 7. The smallest absolute Gasteiger partial charge is 0.238 e. The third-order valence-electron chi connectivity index (χ3n) is 1.43. The second kappa shape index (κ2) is 4.88. The van der Waals surface area contributed by atoms with Gasteiger partial charge in [-0.2, -0.15) is 0 Å². The molecule has 3 N–H and O–H groups in total. The first-order valence-electron chi connectivity index (χ1n) is 3.86. The Kier molecular flexibility index (Phi) is 3.52. The molecule has 0 unspecified atom stereocenters. The van der Waals surface area contributed by atoms with E-state index in [1.165, 1.54) is 11.8 Å². The lowest BCUT2D eigenvalue weighted by atomic mass is 10.7. The van der Waals surface area contributed by atoms with Crippen LogP contribution in [0.2, 0.25) is 0 Å². The summed E-state index contributed by atoms with van der Waals surface area (Å²) in [5.74, 6) is 5.62. The summed E-state index contributed by atoms with van der Waals surface area (Å²) in [4.78, 5) is 12.3. The van der Waals surface area contributed by atoms with Crippen molar-refractivity contribution < 1.29 is 0 Å². The van der Waals surface area contributed by atoms with Gasteiger partial charge in [0.1, 0.15) is 5.03 Å². The van der Waals surface area contributed by atoms with Gasteiger partial charge >= 0.3 is 0 Å². The topological polar surface area (TPSA) is 76.7 Å². The molecule has 0 atom stereocenters. The van der Waals surface area contributed by atoms with Crippen molar-refractivity contribution in [2.75, 3.05) is 5.43 Å².